The zero-order valence-corrected chi connectivity index (χ0v) is 23.0. The van der Waals surface area contributed by atoms with Gasteiger partial charge >= 0.3 is 5.97 Å². The van der Waals surface area contributed by atoms with Crippen LogP contribution in [0.15, 0.2) is 11.6 Å². The number of rotatable bonds is 1. The number of carbonyl (C=O) groups excluding carboxylic acids is 1. The predicted octanol–water partition coefficient (Wildman–Crippen LogP) is 7.19. The van der Waals surface area contributed by atoms with Gasteiger partial charge in [0.2, 0.25) is 0 Å². The van der Waals surface area contributed by atoms with Gasteiger partial charge in [0.15, 0.2) is 0 Å². The molecule has 11 atom stereocenters. The number of allylic oxidation sites excluding steroid dienone is 2. The third kappa shape index (κ3) is 2.57. The van der Waals surface area contributed by atoms with E-state index in [1.165, 1.54) is 25.7 Å². The van der Waals surface area contributed by atoms with Gasteiger partial charge in [-0.1, -0.05) is 60.1 Å². The van der Waals surface area contributed by atoms with Crippen molar-refractivity contribution in [2.75, 3.05) is 7.11 Å². The number of fused-ring (bicyclic) bond motifs is 8. The number of methoxy groups -OCH3 is 1. The van der Waals surface area contributed by atoms with Gasteiger partial charge in [-0.2, -0.15) is 0 Å². The zero-order valence-electron chi connectivity index (χ0n) is 23.0. The van der Waals surface area contributed by atoms with Crippen molar-refractivity contribution in [3.63, 3.8) is 0 Å². The van der Waals surface area contributed by atoms with Gasteiger partial charge in [0, 0.05) is 0 Å². The van der Waals surface area contributed by atoms with Crippen LogP contribution in [-0.4, -0.2) is 25.3 Å². The number of carbonyl (C=O) groups is 1. The van der Waals surface area contributed by atoms with E-state index in [2.05, 4.69) is 54.5 Å². The van der Waals surface area contributed by atoms with Crippen molar-refractivity contribution in [1.82, 2.24) is 0 Å². The molecule has 34 heavy (non-hydrogen) atoms. The monoisotopic (exact) mass is 468 g/mol. The lowest BCUT2D eigenvalue weighted by atomic mass is 9.33. The van der Waals surface area contributed by atoms with Crippen LogP contribution in [0.3, 0.4) is 0 Å². The molecule has 0 spiro atoms. The van der Waals surface area contributed by atoms with Gasteiger partial charge in [-0.25, -0.2) is 0 Å². The average Bonchev–Trinajstić information content (AvgIpc) is 3.56. The molecule has 0 radical (unpaired) electrons. The largest absolute Gasteiger partial charge is 0.469 e. The molecule has 0 bridgehead atoms. The Hall–Kier alpha value is -0.830. The summed E-state index contributed by atoms with van der Waals surface area (Å²) in [5, 5.41) is 0. The minimum absolute atomic E-state index is 0.0631. The molecule has 0 amide bonds. The summed E-state index contributed by atoms with van der Waals surface area (Å²) in [5.74, 6) is 3.02. The van der Waals surface area contributed by atoms with Crippen LogP contribution in [0, 0.1) is 56.7 Å². The molecule has 0 aromatic carbocycles. The molecule has 1 saturated heterocycles. The van der Waals surface area contributed by atoms with Gasteiger partial charge in [-0.3, -0.25) is 4.79 Å². The van der Waals surface area contributed by atoms with Crippen molar-refractivity contribution in [2.24, 2.45) is 56.7 Å². The van der Waals surface area contributed by atoms with E-state index in [-0.39, 0.29) is 27.6 Å². The summed E-state index contributed by atoms with van der Waals surface area (Å²) in [6.45, 7) is 17.7. The SMILES string of the molecule is COC(=O)[C@]12CC[C@@H](C)[C@H](C)C1C1=CCC3[C@@]4(C)C[C@@H]5O[C@@H]5C(C)(C)C4CC[C@@]3(C)[C@]1(C)CC2. The van der Waals surface area contributed by atoms with Crippen LogP contribution in [0.1, 0.15) is 99.8 Å². The molecular formula is C31H48O3. The summed E-state index contributed by atoms with van der Waals surface area (Å²) in [7, 11) is 1.61. The van der Waals surface area contributed by atoms with Crippen LogP contribution >= 0.6 is 0 Å². The Kier molecular flexibility index (Phi) is 4.80. The lowest BCUT2D eigenvalue weighted by Gasteiger charge is -2.70. The van der Waals surface area contributed by atoms with Crippen LogP contribution in [-0.2, 0) is 14.3 Å². The standard InChI is InChI=1S/C31H48O3/c1-18-11-14-31(26(32)33-8)16-15-29(6)20(24(31)19(18)2)9-10-23-28(5)17-21-25(34-21)27(3,4)22(28)12-13-30(23,29)7/h9,18-19,21-25H,10-17H2,1-8H3/t18-,19+,21+,22?,23?,24?,25+,28+,29-,30-,31+/m1/s1. The molecule has 3 heteroatoms. The fraction of sp³-hybridized carbons (Fsp3) is 0.903. The summed E-state index contributed by atoms with van der Waals surface area (Å²) in [4.78, 5) is 13.4. The highest BCUT2D eigenvalue weighted by Crippen LogP contribution is 2.77. The quantitative estimate of drug-likeness (QED) is 0.232. The summed E-state index contributed by atoms with van der Waals surface area (Å²) in [5.41, 5.74) is 2.40. The third-order valence-electron chi connectivity index (χ3n) is 13.7. The first-order valence-electron chi connectivity index (χ1n) is 14.3. The van der Waals surface area contributed by atoms with Crippen LogP contribution in [0.2, 0.25) is 0 Å². The Balaban J connectivity index is 1.46. The van der Waals surface area contributed by atoms with Crippen molar-refractivity contribution in [3.05, 3.63) is 11.6 Å². The average molecular weight is 469 g/mol. The Morgan fingerprint density at radius 1 is 1.00 bits per heavy atom. The maximum Gasteiger partial charge on any atom is 0.312 e. The fourth-order valence-corrected chi connectivity index (χ4v) is 11.5. The molecule has 6 rings (SSSR count). The van der Waals surface area contributed by atoms with E-state index >= 15 is 0 Å². The van der Waals surface area contributed by atoms with Gasteiger partial charge in [0.05, 0.1) is 24.7 Å². The highest BCUT2D eigenvalue weighted by atomic mass is 16.6. The number of hydrogen-bond donors (Lipinski definition) is 0. The first kappa shape index (κ1) is 23.6. The molecule has 0 N–H and O–H groups in total. The molecule has 190 valence electrons. The Labute approximate surface area is 207 Å². The van der Waals surface area contributed by atoms with E-state index in [1.54, 1.807) is 12.7 Å². The highest BCUT2D eigenvalue weighted by molar-refractivity contribution is 5.78. The van der Waals surface area contributed by atoms with E-state index < -0.39 is 0 Å². The van der Waals surface area contributed by atoms with Gasteiger partial charge in [-0.15, -0.1) is 0 Å². The van der Waals surface area contributed by atoms with Crippen LogP contribution in [0.4, 0.5) is 0 Å². The van der Waals surface area contributed by atoms with E-state index in [0.29, 0.717) is 41.3 Å². The van der Waals surface area contributed by atoms with Crippen molar-refractivity contribution < 1.29 is 14.3 Å². The first-order chi connectivity index (χ1) is 15.9. The van der Waals surface area contributed by atoms with E-state index in [9.17, 15) is 4.79 Å². The van der Waals surface area contributed by atoms with E-state index in [1.807, 2.05) is 0 Å². The number of epoxide rings is 1. The second-order valence-electron chi connectivity index (χ2n) is 14.9. The van der Waals surface area contributed by atoms with Crippen LogP contribution in [0.25, 0.3) is 0 Å². The molecule has 3 nitrogen and oxygen atoms in total. The van der Waals surface area contributed by atoms with E-state index in [0.717, 1.165) is 31.6 Å². The molecule has 1 aliphatic heterocycles. The Bertz CT molecular complexity index is 935. The Morgan fingerprint density at radius 2 is 1.74 bits per heavy atom. The highest BCUT2D eigenvalue weighted by Gasteiger charge is 2.72. The molecule has 5 aliphatic carbocycles. The first-order valence-corrected chi connectivity index (χ1v) is 14.3. The number of ether oxygens (including phenoxy) is 2. The minimum atomic E-state index is -0.307. The van der Waals surface area contributed by atoms with E-state index in [4.69, 9.17) is 9.47 Å². The summed E-state index contributed by atoms with van der Waals surface area (Å²) < 4.78 is 11.8. The topological polar surface area (TPSA) is 38.8 Å². The van der Waals surface area contributed by atoms with Gasteiger partial charge in [0.25, 0.3) is 0 Å². The number of esters is 1. The minimum Gasteiger partial charge on any atom is -0.469 e. The molecule has 5 fully saturated rings. The molecule has 0 aromatic rings. The fourth-order valence-electron chi connectivity index (χ4n) is 11.5. The predicted molar refractivity (Wildman–Crippen MR) is 135 cm³/mol. The van der Waals surface area contributed by atoms with Crippen LogP contribution < -0.4 is 0 Å². The second kappa shape index (κ2) is 6.93. The lowest BCUT2D eigenvalue weighted by molar-refractivity contribution is -0.187. The summed E-state index contributed by atoms with van der Waals surface area (Å²) in [6.07, 6.45) is 13.0. The van der Waals surface area contributed by atoms with Crippen molar-refractivity contribution in [3.8, 4) is 0 Å². The van der Waals surface area contributed by atoms with Crippen molar-refractivity contribution in [2.45, 2.75) is 112 Å². The smallest absolute Gasteiger partial charge is 0.312 e. The molecule has 3 unspecified atom stereocenters. The summed E-state index contributed by atoms with van der Waals surface area (Å²) in [6, 6.07) is 0. The van der Waals surface area contributed by atoms with Gasteiger partial charge in [0.1, 0.15) is 0 Å². The third-order valence-corrected chi connectivity index (χ3v) is 13.7. The van der Waals surface area contributed by atoms with Crippen LogP contribution in [0.5, 0.6) is 0 Å². The summed E-state index contributed by atoms with van der Waals surface area (Å²) >= 11 is 0. The molecule has 6 aliphatic rings. The second-order valence-corrected chi connectivity index (χ2v) is 14.9. The van der Waals surface area contributed by atoms with Crippen molar-refractivity contribution >= 4 is 5.97 Å². The van der Waals surface area contributed by atoms with Gasteiger partial charge < -0.3 is 9.47 Å². The maximum atomic E-state index is 13.4. The molecule has 1 heterocycles. The maximum absolute atomic E-state index is 13.4. The lowest BCUT2D eigenvalue weighted by Crippen LogP contribution is -2.65. The Morgan fingerprint density at radius 3 is 2.44 bits per heavy atom. The zero-order chi connectivity index (χ0) is 24.5. The van der Waals surface area contributed by atoms with Gasteiger partial charge in [-0.05, 0) is 103 Å². The van der Waals surface area contributed by atoms with Crippen molar-refractivity contribution in [1.29, 1.82) is 0 Å². The molecular weight excluding hydrogens is 420 g/mol. The molecule has 4 saturated carbocycles. The molecule has 0 aromatic heterocycles. The normalized spacial score (nSPS) is 57.1. The number of hydrogen-bond acceptors (Lipinski definition) is 3.